The average molecular weight is 444 g/mol. The number of hydrogen-bond donors (Lipinski definition) is 1. The van der Waals surface area contributed by atoms with Gasteiger partial charge in [-0.05, 0) is 68.8 Å². The average Bonchev–Trinajstić information content (AvgIpc) is 3.25. The first-order valence-corrected chi connectivity index (χ1v) is 11.5. The monoisotopic (exact) mass is 443 g/mol. The largest absolute Gasteiger partial charge is 0.494 e. The predicted octanol–water partition coefficient (Wildman–Crippen LogP) is 6.21. The first-order valence-electron chi connectivity index (χ1n) is 10.7. The van der Waals surface area contributed by atoms with Gasteiger partial charge >= 0.3 is 0 Å². The summed E-state index contributed by atoms with van der Waals surface area (Å²) >= 11 is 1.67. The van der Waals surface area contributed by atoms with E-state index in [1.165, 1.54) is 4.88 Å². The molecule has 162 valence electrons. The predicted molar refractivity (Wildman–Crippen MR) is 132 cm³/mol. The Hall–Kier alpha value is -3.51. The van der Waals surface area contributed by atoms with E-state index in [0.717, 1.165) is 44.9 Å². The van der Waals surface area contributed by atoms with Crippen LogP contribution in [0.1, 0.15) is 40.4 Å². The number of ether oxygens (including phenoxy) is 1. The van der Waals surface area contributed by atoms with Crippen LogP contribution in [0.2, 0.25) is 0 Å². The summed E-state index contributed by atoms with van der Waals surface area (Å²) in [6.45, 7) is 6.66. The summed E-state index contributed by atoms with van der Waals surface area (Å²) < 4.78 is 5.53. The van der Waals surface area contributed by atoms with E-state index in [-0.39, 0.29) is 5.91 Å². The maximum Gasteiger partial charge on any atom is 0.272 e. The number of thiophene rings is 1. The Morgan fingerprint density at radius 3 is 2.53 bits per heavy atom. The number of carbonyl (C=O) groups excluding carboxylic acids is 1. The van der Waals surface area contributed by atoms with E-state index in [4.69, 9.17) is 9.72 Å². The maximum absolute atomic E-state index is 13.2. The van der Waals surface area contributed by atoms with Gasteiger partial charge in [-0.25, -0.2) is 10.4 Å². The number of para-hydroxylation sites is 1. The number of nitrogens with one attached hydrogen (secondary N) is 1. The second-order valence-electron chi connectivity index (χ2n) is 7.29. The number of benzene rings is 2. The minimum absolute atomic E-state index is 0.255. The lowest BCUT2D eigenvalue weighted by molar-refractivity contribution is 0.0956. The Balaban J connectivity index is 1.69. The van der Waals surface area contributed by atoms with Crippen molar-refractivity contribution in [2.75, 3.05) is 6.61 Å². The number of hydrogen-bond acceptors (Lipinski definition) is 5. The fraction of sp³-hybridized carbons (Fsp3) is 0.192. The molecule has 32 heavy (non-hydrogen) atoms. The second kappa shape index (κ2) is 9.75. The molecule has 4 rings (SSSR count). The molecule has 4 aromatic rings. The molecule has 0 spiro atoms. The lowest BCUT2D eigenvalue weighted by Crippen LogP contribution is -2.20. The van der Waals surface area contributed by atoms with E-state index >= 15 is 0 Å². The minimum Gasteiger partial charge on any atom is -0.494 e. The van der Waals surface area contributed by atoms with E-state index in [9.17, 15) is 4.79 Å². The second-order valence-corrected chi connectivity index (χ2v) is 8.58. The third-order valence-corrected chi connectivity index (χ3v) is 6.12. The van der Waals surface area contributed by atoms with E-state index in [1.54, 1.807) is 11.3 Å². The highest BCUT2D eigenvalue weighted by molar-refractivity contribution is 7.14. The van der Waals surface area contributed by atoms with Crippen molar-refractivity contribution in [1.82, 2.24) is 10.4 Å². The standard InChI is InChI=1S/C26H25N3O2S/c1-4-22(25-15-10-17(3)32-25)28-29-26(30)21-16-24(27-23-9-7-6-8-20(21)23)18-11-13-19(14-12-18)31-5-2/h6-16H,4-5H2,1-3H3,(H,29,30). The first kappa shape index (κ1) is 21.7. The van der Waals surface area contributed by atoms with E-state index < -0.39 is 0 Å². The number of pyridine rings is 1. The van der Waals surface area contributed by atoms with Crippen molar-refractivity contribution >= 4 is 33.9 Å². The lowest BCUT2D eigenvalue weighted by Gasteiger charge is -2.10. The fourth-order valence-electron chi connectivity index (χ4n) is 3.48. The molecule has 2 heterocycles. The molecule has 6 heteroatoms. The summed E-state index contributed by atoms with van der Waals surface area (Å²) in [6.07, 6.45) is 0.731. The summed E-state index contributed by atoms with van der Waals surface area (Å²) in [4.78, 5) is 20.2. The molecule has 0 unspecified atom stereocenters. The van der Waals surface area contributed by atoms with Gasteiger partial charge in [-0.3, -0.25) is 4.79 Å². The molecule has 2 aromatic heterocycles. The van der Waals surface area contributed by atoms with E-state index in [1.807, 2.05) is 74.5 Å². The highest BCUT2D eigenvalue weighted by atomic mass is 32.1. The summed E-state index contributed by atoms with van der Waals surface area (Å²) in [6, 6.07) is 21.3. The van der Waals surface area contributed by atoms with Gasteiger partial charge in [-0.2, -0.15) is 5.10 Å². The molecule has 0 aliphatic carbocycles. The fourth-order valence-corrected chi connectivity index (χ4v) is 4.40. The molecule has 0 aliphatic rings. The quantitative estimate of drug-likeness (QED) is 0.273. The van der Waals surface area contributed by atoms with E-state index in [0.29, 0.717) is 12.2 Å². The van der Waals surface area contributed by atoms with Gasteiger partial charge in [0.25, 0.3) is 5.91 Å². The summed E-state index contributed by atoms with van der Waals surface area (Å²) in [7, 11) is 0. The van der Waals surface area contributed by atoms with Gasteiger partial charge in [0.15, 0.2) is 0 Å². The first-order chi connectivity index (χ1) is 15.6. The van der Waals surface area contributed by atoms with Crippen LogP contribution in [0.4, 0.5) is 0 Å². The van der Waals surface area contributed by atoms with Crippen LogP contribution in [-0.2, 0) is 0 Å². The lowest BCUT2D eigenvalue weighted by atomic mass is 10.0. The maximum atomic E-state index is 13.2. The number of hydrazone groups is 1. The van der Waals surface area contributed by atoms with Crippen LogP contribution in [0.5, 0.6) is 5.75 Å². The van der Waals surface area contributed by atoms with Crippen LogP contribution >= 0.6 is 11.3 Å². The van der Waals surface area contributed by atoms with Gasteiger partial charge in [0.2, 0.25) is 0 Å². The third kappa shape index (κ3) is 4.70. The topological polar surface area (TPSA) is 63.6 Å². The smallest absolute Gasteiger partial charge is 0.272 e. The molecule has 0 atom stereocenters. The van der Waals surface area contributed by atoms with Crippen LogP contribution < -0.4 is 10.2 Å². The molecule has 0 fully saturated rings. The van der Waals surface area contributed by atoms with Crippen molar-refractivity contribution in [1.29, 1.82) is 0 Å². The van der Waals surface area contributed by atoms with Gasteiger partial charge in [0, 0.05) is 15.8 Å². The number of rotatable bonds is 7. The molecule has 1 amide bonds. The van der Waals surface area contributed by atoms with Crippen molar-refractivity contribution in [3.8, 4) is 17.0 Å². The molecule has 0 radical (unpaired) electrons. The minimum atomic E-state index is -0.255. The van der Waals surface area contributed by atoms with Crippen LogP contribution in [0.25, 0.3) is 22.2 Å². The molecular weight excluding hydrogens is 418 g/mol. The van der Waals surface area contributed by atoms with Crippen molar-refractivity contribution in [2.24, 2.45) is 5.10 Å². The SMILES string of the molecule is CCOc1ccc(-c2cc(C(=O)NN=C(CC)c3ccc(C)s3)c3ccccc3n2)cc1. The van der Waals surface area contributed by atoms with Crippen molar-refractivity contribution < 1.29 is 9.53 Å². The van der Waals surface area contributed by atoms with Gasteiger partial charge in [-0.15, -0.1) is 11.3 Å². The van der Waals surface area contributed by atoms with Gasteiger partial charge in [0.1, 0.15) is 5.75 Å². The third-order valence-electron chi connectivity index (χ3n) is 5.07. The van der Waals surface area contributed by atoms with E-state index in [2.05, 4.69) is 23.5 Å². The molecule has 0 aliphatic heterocycles. The number of amides is 1. The molecule has 5 nitrogen and oxygen atoms in total. The molecule has 2 aromatic carbocycles. The van der Waals surface area contributed by atoms with Crippen LogP contribution in [-0.4, -0.2) is 23.2 Å². The number of aryl methyl sites for hydroxylation is 1. The van der Waals surface area contributed by atoms with Crippen molar-refractivity contribution in [3.63, 3.8) is 0 Å². The molecule has 0 saturated carbocycles. The van der Waals surface area contributed by atoms with Crippen molar-refractivity contribution in [3.05, 3.63) is 82.0 Å². The zero-order valence-electron chi connectivity index (χ0n) is 18.4. The molecule has 0 saturated heterocycles. The van der Waals surface area contributed by atoms with Crippen LogP contribution in [0.15, 0.2) is 71.8 Å². The normalized spacial score (nSPS) is 11.5. The Bertz CT molecular complexity index is 1280. The molecule has 1 N–H and O–H groups in total. The molecular formula is C26H25N3O2S. The Morgan fingerprint density at radius 1 is 1.06 bits per heavy atom. The summed E-state index contributed by atoms with van der Waals surface area (Å²) in [5.74, 6) is 0.551. The highest BCUT2D eigenvalue weighted by Crippen LogP contribution is 2.26. The Kier molecular flexibility index (Phi) is 6.61. The zero-order chi connectivity index (χ0) is 22.5. The Morgan fingerprint density at radius 2 is 1.84 bits per heavy atom. The molecule has 0 bridgehead atoms. The van der Waals surface area contributed by atoms with Crippen molar-refractivity contribution in [2.45, 2.75) is 27.2 Å². The van der Waals surface area contributed by atoms with Crippen LogP contribution in [0.3, 0.4) is 0 Å². The number of fused-ring (bicyclic) bond motifs is 1. The number of nitrogens with zero attached hydrogens (tertiary/aromatic N) is 2. The van der Waals surface area contributed by atoms with Gasteiger partial charge in [-0.1, -0.05) is 25.1 Å². The highest BCUT2D eigenvalue weighted by Gasteiger charge is 2.14. The Labute approximate surface area is 191 Å². The summed E-state index contributed by atoms with van der Waals surface area (Å²) in [5.41, 5.74) is 6.57. The zero-order valence-corrected chi connectivity index (χ0v) is 19.2. The number of carbonyl (C=O) groups is 1. The van der Waals surface area contributed by atoms with Gasteiger partial charge in [0.05, 0.1) is 34.0 Å². The van der Waals surface area contributed by atoms with Crippen LogP contribution in [0, 0.1) is 6.92 Å². The summed E-state index contributed by atoms with van der Waals surface area (Å²) in [5, 5.41) is 5.23. The van der Waals surface area contributed by atoms with Gasteiger partial charge < -0.3 is 4.74 Å². The number of aromatic nitrogens is 1.